The first kappa shape index (κ1) is 22.9. The standard InChI is InChI=1S/C26H26N2O7/c1-32-18-8-6-17(7-9-18)23-22(24(29)21-5-3-13-35-21)25(30)26(31)28(23)16-19(20-4-2-12-34-20)27-10-14-33-15-11-27/h2-9,12-13,19,23,30H,10-11,14-16H2,1H3. The van der Waals surface area contributed by atoms with E-state index in [1.807, 2.05) is 6.07 Å². The summed E-state index contributed by atoms with van der Waals surface area (Å²) in [5.74, 6) is -0.351. The first-order valence-electron chi connectivity index (χ1n) is 11.4. The number of ketones is 1. The zero-order valence-electron chi connectivity index (χ0n) is 19.3. The van der Waals surface area contributed by atoms with Gasteiger partial charge in [0.2, 0.25) is 5.78 Å². The predicted octanol–water partition coefficient (Wildman–Crippen LogP) is 3.53. The van der Waals surface area contributed by atoms with Gasteiger partial charge in [-0.25, -0.2) is 0 Å². The Labute approximate surface area is 202 Å². The van der Waals surface area contributed by atoms with E-state index < -0.39 is 23.5 Å². The normalized spacial score (nSPS) is 19.9. The van der Waals surface area contributed by atoms with Crippen molar-refractivity contribution in [2.75, 3.05) is 40.0 Å². The molecule has 0 spiro atoms. The molecule has 9 nitrogen and oxygen atoms in total. The van der Waals surface area contributed by atoms with Crippen LogP contribution in [0.2, 0.25) is 0 Å². The van der Waals surface area contributed by atoms with Gasteiger partial charge in [-0.1, -0.05) is 12.1 Å². The van der Waals surface area contributed by atoms with E-state index in [9.17, 15) is 14.7 Å². The fourth-order valence-electron chi connectivity index (χ4n) is 4.69. The highest BCUT2D eigenvalue weighted by Gasteiger charge is 2.46. The largest absolute Gasteiger partial charge is 0.503 e. The maximum atomic E-state index is 13.4. The number of morpholine rings is 1. The van der Waals surface area contributed by atoms with Crippen LogP contribution in [0.5, 0.6) is 5.75 Å². The van der Waals surface area contributed by atoms with E-state index in [4.69, 9.17) is 18.3 Å². The smallest absolute Gasteiger partial charge is 0.290 e. The van der Waals surface area contributed by atoms with Gasteiger partial charge in [-0.05, 0) is 42.0 Å². The molecule has 1 amide bonds. The average molecular weight is 479 g/mol. The zero-order valence-corrected chi connectivity index (χ0v) is 19.3. The molecule has 1 N–H and O–H groups in total. The third kappa shape index (κ3) is 4.36. The molecule has 0 bridgehead atoms. The molecule has 1 aromatic carbocycles. The van der Waals surface area contributed by atoms with Gasteiger partial charge in [-0.2, -0.15) is 0 Å². The van der Waals surface area contributed by atoms with Crippen molar-refractivity contribution in [3.05, 3.63) is 89.5 Å². The van der Waals surface area contributed by atoms with Crippen LogP contribution in [0.3, 0.4) is 0 Å². The van der Waals surface area contributed by atoms with Gasteiger partial charge in [-0.3, -0.25) is 14.5 Å². The van der Waals surface area contributed by atoms with Crippen molar-refractivity contribution in [2.45, 2.75) is 12.1 Å². The third-order valence-corrected chi connectivity index (χ3v) is 6.45. The molecule has 1 fully saturated rings. The molecule has 4 heterocycles. The predicted molar refractivity (Wildman–Crippen MR) is 124 cm³/mol. The lowest BCUT2D eigenvalue weighted by Crippen LogP contribution is -2.45. The highest BCUT2D eigenvalue weighted by Crippen LogP contribution is 2.41. The number of carbonyl (C=O) groups excluding carboxylic acids is 2. The van der Waals surface area contributed by atoms with Crippen LogP contribution >= 0.6 is 0 Å². The van der Waals surface area contributed by atoms with Gasteiger partial charge < -0.3 is 28.3 Å². The second-order valence-electron chi connectivity index (χ2n) is 8.38. The SMILES string of the molecule is COc1ccc(C2C(C(=O)c3ccco3)=C(O)C(=O)N2CC(c2ccco2)N2CCOCC2)cc1. The van der Waals surface area contributed by atoms with Crippen molar-refractivity contribution in [1.82, 2.24) is 9.80 Å². The minimum absolute atomic E-state index is 0.0183. The van der Waals surface area contributed by atoms with Crippen molar-refractivity contribution >= 4 is 11.7 Å². The summed E-state index contributed by atoms with van der Waals surface area (Å²) in [5, 5.41) is 10.9. The van der Waals surface area contributed by atoms with Gasteiger partial charge in [0.15, 0.2) is 11.5 Å². The number of furan rings is 2. The summed E-state index contributed by atoms with van der Waals surface area (Å²) in [6.45, 7) is 2.66. The molecular formula is C26H26N2O7. The first-order valence-corrected chi connectivity index (χ1v) is 11.4. The average Bonchev–Trinajstić information content (AvgIpc) is 3.66. The summed E-state index contributed by atoms with van der Waals surface area (Å²) in [4.78, 5) is 30.5. The van der Waals surface area contributed by atoms with Gasteiger partial charge in [0.1, 0.15) is 11.5 Å². The number of Topliss-reactive ketones (excluding diaryl/α,β-unsaturated/α-hetero) is 1. The molecule has 1 saturated heterocycles. The maximum absolute atomic E-state index is 13.4. The number of hydrogen-bond acceptors (Lipinski definition) is 8. The fraction of sp³-hybridized carbons (Fsp3) is 0.308. The summed E-state index contributed by atoms with van der Waals surface area (Å²) in [6.07, 6.45) is 2.98. The van der Waals surface area contributed by atoms with Gasteiger partial charge in [0.25, 0.3) is 5.91 Å². The molecule has 0 aliphatic carbocycles. The lowest BCUT2D eigenvalue weighted by Gasteiger charge is -2.37. The molecule has 9 heteroatoms. The Balaban J connectivity index is 1.55. The van der Waals surface area contributed by atoms with Gasteiger partial charge in [0, 0.05) is 19.6 Å². The Morgan fingerprint density at radius 2 is 1.80 bits per heavy atom. The summed E-state index contributed by atoms with van der Waals surface area (Å²) >= 11 is 0. The van der Waals surface area contributed by atoms with Crippen molar-refractivity contribution in [3.8, 4) is 5.75 Å². The lowest BCUT2D eigenvalue weighted by molar-refractivity contribution is -0.130. The lowest BCUT2D eigenvalue weighted by atomic mass is 9.94. The van der Waals surface area contributed by atoms with E-state index in [2.05, 4.69) is 4.90 Å². The van der Waals surface area contributed by atoms with Crippen LogP contribution in [-0.2, 0) is 9.53 Å². The summed E-state index contributed by atoms with van der Waals surface area (Å²) in [5.41, 5.74) is 0.647. The number of rotatable bonds is 8. The Morgan fingerprint density at radius 1 is 1.09 bits per heavy atom. The Hall–Kier alpha value is -3.82. The number of hydrogen-bond donors (Lipinski definition) is 1. The van der Waals surface area contributed by atoms with Crippen LogP contribution in [0.4, 0.5) is 0 Å². The number of aliphatic hydroxyl groups excluding tert-OH is 1. The molecule has 0 radical (unpaired) electrons. The number of aliphatic hydroxyl groups is 1. The van der Waals surface area contributed by atoms with E-state index >= 15 is 0 Å². The molecule has 35 heavy (non-hydrogen) atoms. The van der Waals surface area contributed by atoms with Crippen LogP contribution in [0.1, 0.15) is 34.0 Å². The minimum Gasteiger partial charge on any atom is -0.503 e. The highest BCUT2D eigenvalue weighted by molar-refractivity contribution is 6.15. The molecule has 2 aliphatic rings. The van der Waals surface area contributed by atoms with Crippen LogP contribution in [0, 0.1) is 0 Å². The van der Waals surface area contributed by atoms with E-state index in [-0.39, 0.29) is 23.9 Å². The topological polar surface area (TPSA) is 106 Å². The fourth-order valence-corrected chi connectivity index (χ4v) is 4.69. The highest BCUT2D eigenvalue weighted by atomic mass is 16.5. The molecule has 182 valence electrons. The number of carbonyl (C=O) groups is 2. The van der Waals surface area contributed by atoms with Crippen molar-refractivity contribution in [1.29, 1.82) is 0 Å². The molecule has 3 aromatic rings. The number of nitrogens with zero attached hydrogens (tertiary/aromatic N) is 2. The van der Waals surface area contributed by atoms with Crippen LogP contribution in [0.25, 0.3) is 0 Å². The molecule has 0 saturated carbocycles. The molecular weight excluding hydrogens is 452 g/mol. The van der Waals surface area contributed by atoms with Gasteiger partial charge >= 0.3 is 0 Å². The molecule has 5 rings (SSSR count). The second-order valence-corrected chi connectivity index (χ2v) is 8.38. The van der Waals surface area contributed by atoms with Crippen molar-refractivity contribution in [2.24, 2.45) is 0 Å². The Morgan fingerprint density at radius 3 is 2.43 bits per heavy atom. The Bertz CT molecular complexity index is 1190. The Kier molecular flexibility index (Phi) is 6.43. The quantitative estimate of drug-likeness (QED) is 0.490. The van der Waals surface area contributed by atoms with E-state index in [0.29, 0.717) is 43.4 Å². The zero-order chi connectivity index (χ0) is 24.4. The summed E-state index contributed by atoms with van der Waals surface area (Å²) in [6, 6.07) is 12.8. The van der Waals surface area contributed by atoms with Crippen molar-refractivity contribution in [3.63, 3.8) is 0 Å². The second kappa shape index (κ2) is 9.81. The van der Waals surface area contributed by atoms with Gasteiger partial charge in [0.05, 0.1) is 50.5 Å². The van der Waals surface area contributed by atoms with Gasteiger partial charge in [-0.15, -0.1) is 0 Å². The maximum Gasteiger partial charge on any atom is 0.290 e. The van der Waals surface area contributed by atoms with E-state index in [0.717, 1.165) is 0 Å². The van der Waals surface area contributed by atoms with Crippen LogP contribution < -0.4 is 4.74 Å². The van der Waals surface area contributed by atoms with Crippen LogP contribution in [0.15, 0.2) is 81.2 Å². The third-order valence-electron chi connectivity index (χ3n) is 6.45. The molecule has 2 aromatic heterocycles. The minimum atomic E-state index is -0.815. The molecule has 2 atom stereocenters. The van der Waals surface area contributed by atoms with E-state index in [1.165, 1.54) is 17.2 Å². The number of amides is 1. The first-order chi connectivity index (χ1) is 17.1. The molecule has 2 aliphatic heterocycles. The number of ether oxygens (including phenoxy) is 2. The summed E-state index contributed by atoms with van der Waals surface area (Å²) < 4.78 is 21.8. The van der Waals surface area contributed by atoms with Crippen LogP contribution in [-0.4, -0.2) is 66.6 Å². The van der Waals surface area contributed by atoms with E-state index in [1.54, 1.807) is 49.8 Å². The number of benzene rings is 1. The molecule has 2 unspecified atom stereocenters. The number of methoxy groups -OCH3 is 1. The monoisotopic (exact) mass is 478 g/mol. The summed E-state index contributed by atoms with van der Waals surface area (Å²) in [7, 11) is 1.56. The van der Waals surface area contributed by atoms with Crippen molar-refractivity contribution < 1.29 is 33.0 Å².